The molecule has 104 valence electrons. The lowest BCUT2D eigenvalue weighted by atomic mass is 10.3. The summed E-state index contributed by atoms with van der Waals surface area (Å²) in [5.41, 5.74) is 0.459. The van der Waals surface area contributed by atoms with Gasteiger partial charge in [0.2, 0.25) is 10.0 Å². The Kier molecular flexibility index (Phi) is 5.53. The molecule has 0 spiro atoms. The number of rotatable bonds is 6. The number of nitrogens with one attached hydrogen (secondary N) is 2. The molecular formula is C12H16N2O4S. The summed E-state index contributed by atoms with van der Waals surface area (Å²) in [6, 6.07) is 5.76. The number of hydrogen-bond donors (Lipinski definition) is 2. The van der Waals surface area contributed by atoms with E-state index in [1.807, 2.05) is 0 Å². The maximum absolute atomic E-state index is 11.8. The monoisotopic (exact) mass is 284 g/mol. The van der Waals surface area contributed by atoms with E-state index in [0.717, 1.165) is 0 Å². The molecule has 0 bridgehead atoms. The fraction of sp³-hybridized carbons (Fsp3) is 0.250. The van der Waals surface area contributed by atoms with Gasteiger partial charge in [0.15, 0.2) is 0 Å². The Labute approximate surface area is 112 Å². The molecule has 0 aliphatic carbocycles. The summed E-state index contributed by atoms with van der Waals surface area (Å²) in [4.78, 5) is 11.3. The molecule has 0 aromatic heterocycles. The first-order valence-corrected chi connectivity index (χ1v) is 7.12. The van der Waals surface area contributed by atoms with E-state index in [2.05, 4.69) is 16.6 Å². The molecule has 2 N–H and O–H groups in total. The van der Waals surface area contributed by atoms with E-state index in [0.29, 0.717) is 5.69 Å². The molecule has 0 aliphatic heterocycles. The molecule has 0 fully saturated rings. The normalized spacial score (nSPS) is 10.8. The molecule has 0 heterocycles. The number of hydrogen-bond acceptors (Lipinski definition) is 4. The van der Waals surface area contributed by atoms with Crippen LogP contribution in [0, 0.1) is 0 Å². The van der Waals surface area contributed by atoms with Gasteiger partial charge in [-0.25, -0.2) is 17.9 Å². The molecule has 6 nitrogen and oxygen atoms in total. The number of carbonyl (C=O) groups is 1. The van der Waals surface area contributed by atoms with Crippen LogP contribution in [-0.2, 0) is 14.8 Å². The number of carbonyl (C=O) groups excluding carboxylic acids is 1. The predicted octanol–water partition coefficient (Wildman–Crippen LogP) is 1.72. The van der Waals surface area contributed by atoms with Gasteiger partial charge in [0, 0.05) is 12.2 Å². The third-order valence-corrected chi connectivity index (χ3v) is 3.54. The highest BCUT2D eigenvalue weighted by atomic mass is 32.2. The van der Waals surface area contributed by atoms with Crippen molar-refractivity contribution in [1.29, 1.82) is 0 Å². The second-order valence-electron chi connectivity index (χ2n) is 3.51. The van der Waals surface area contributed by atoms with Crippen LogP contribution in [-0.4, -0.2) is 27.7 Å². The molecule has 1 rings (SSSR count). The van der Waals surface area contributed by atoms with Gasteiger partial charge in [-0.1, -0.05) is 6.08 Å². The number of ether oxygens (including phenoxy) is 1. The standard InChI is InChI=1S/C12H16N2O4S/c1-3-9-13-19(16,17)11-7-5-10(6-8-11)14-12(15)18-4-2/h3,5-8,13H,1,4,9H2,2H3,(H,14,15). The number of benzene rings is 1. The average molecular weight is 284 g/mol. The topological polar surface area (TPSA) is 84.5 Å². The maximum atomic E-state index is 11.8. The molecule has 0 atom stereocenters. The van der Waals surface area contributed by atoms with Crippen LogP contribution >= 0.6 is 0 Å². The SMILES string of the molecule is C=CCNS(=O)(=O)c1ccc(NC(=O)OCC)cc1. The van der Waals surface area contributed by atoms with Gasteiger partial charge in [-0.05, 0) is 31.2 Å². The Hall–Kier alpha value is -1.86. The van der Waals surface area contributed by atoms with E-state index in [4.69, 9.17) is 4.74 Å². The fourth-order valence-electron chi connectivity index (χ4n) is 1.25. The van der Waals surface area contributed by atoms with Crippen LogP contribution in [0.15, 0.2) is 41.8 Å². The lowest BCUT2D eigenvalue weighted by Gasteiger charge is -2.07. The Morgan fingerprint density at radius 2 is 2.00 bits per heavy atom. The molecule has 1 aromatic rings. The number of sulfonamides is 1. The van der Waals surface area contributed by atoms with Crippen molar-refractivity contribution in [2.45, 2.75) is 11.8 Å². The van der Waals surface area contributed by atoms with Crippen LogP contribution in [0.5, 0.6) is 0 Å². The zero-order valence-corrected chi connectivity index (χ0v) is 11.4. The Bertz CT molecular complexity index is 537. The quantitative estimate of drug-likeness (QED) is 0.779. The van der Waals surface area contributed by atoms with Gasteiger partial charge in [0.25, 0.3) is 0 Å². The summed E-state index contributed by atoms with van der Waals surface area (Å²) in [6.07, 6.45) is 0.872. The third-order valence-electron chi connectivity index (χ3n) is 2.10. The highest BCUT2D eigenvalue weighted by molar-refractivity contribution is 7.89. The molecule has 0 saturated carbocycles. The first kappa shape index (κ1) is 15.2. The van der Waals surface area contributed by atoms with Crippen molar-refractivity contribution >= 4 is 21.8 Å². The maximum Gasteiger partial charge on any atom is 0.411 e. The van der Waals surface area contributed by atoms with Crippen molar-refractivity contribution in [3.63, 3.8) is 0 Å². The van der Waals surface area contributed by atoms with E-state index in [1.54, 1.807) is 6.92 Å². The van der Waals surface area contributed by atoms with Crippen LogP contribution in [0.1, 0.15) is 6.92 Å². The minimum absolute atomic E-state index is 0.115. The lowest BCUT2D eigenvalue weighted by molar-refractivity contribution is 0.168. The average Bonchev–Trinajstić information content (AvgIpc) is 2.37. The minimum Gasteiger partial charge on any atom is -0.450 e. The van der Waals surface area contributed by atoms with Crippen LogP contribution in [0.2, 0.25) is 0 Å². The Morgan fingerprint density at radius 3 is 2.53 bits per heavy atom. The molecule has 0 saturated heterocycles. The van der Waals surface area contributed by atoms with Gasteiger partial charge in [-0.3, -0.25) is 5.32 Å². The summed E-state index contributed by atoms with van der Waals surface area (Å²) < 4.78 is 30.6. The van der Waals surface area contributed by atoms with Gasteiger partial charge in [0.05, 0.1) is 11.5 Å². The largest absolute Gasteiger partial charge is 0.450 e. The van der Waals surface area contributed by atoms with Crippen molar-refractivity contribution in [1.82, 2.24) is 4.72 Å². The van der Waals surface area contributed by atoms with Crippen LogP contribution in [0.4, 0.5) is 10.5 Å². The van der Waals surface area contributed by atoms with Crippen molar-refractivity contribution in [3.8, 4) is 0 Å². The molecule has 1 amide bonds. The van der Waals surface area contributed by atoms with Crippen molar-refractivity contribution < 1.29 is 17.9 Å². The lowest BCUT2D eigenvalue weighted by Crippen LogP contribution is -2.23. The molecule has 7 heteroatoms. The zero-order chi connectivity index (χ0) is 14.3. The third kappa shape index (κ3) is 4.72. The molecule has 0 unspecified atom stereocenters. The molecule has 19 heavy (non-hydrogen) atoms. The Balaban J connectivity index is 2.76. The fourth-order valence-corrected chi connectivity index (χ4v) is 2.25. The first-order valence-electron chi connectivity index (χ1n) is 5.64. The number of amides is 1. The van der Waals surface area contributed by atoms with Crippen LogP contribution in [0.3, 0.4) is 0 Å². The molecule has 1 aromatic carbocycles. The Morgan fingerprint density at radius 1 is 1.37 bits per heavy atom. The van der Waals surface area contributed by atoms with E-state index in [9.17, 15) is 13.2 Å². The predicted molar refractivity (Wildman–Crippen MR) is 72.5 cm³/mol. The van der Waals surface area contributed by atoms with Gasteiger partial charge in [0.1, 0.15) is 0 Å². The summed E-state index contributed by atoms with van der Waals surface area (Å²) in [7, 11) is -3.54. The highest BCUT2D eigenvalue weighted by Crippen LogP contribution is 2.14. The van der Waals surface area contributed by atoms with Gasteiger partial charge in [-0.2, -0.15) is 0 Å². The minimum atomic E-state index is -3.54. The van der Waals surface area contributed by atoms with E-state index < -0.39 is 16.1 Å². The van der Waals surface area contributed by atoms with Crippen LogP contribution < -0.4 is 10.0 Å². The molecule has 0 aliphatic rings. The molecule has 0 radical (unpaired) electrons. The smallest absolute Gasteiger partial charge is 0.411 e. The second kappa shape index (κ2) is 6.91. The zero-order valence-electron chi connectivity index (χ0n) is 10.5. The van der Waals surface area contributed by atoms with Gasteiger partial charge in [-0.15, -0.1) is 6.58 Å². The summed E-state index contributed by atoms with van der Waals surface area (Å²) in [6.45, 7) is 5.55. The summed E-state index contributed by atoms with van der Waals surface area (Å²) in [5.74, 6) is 0. The highest BCUT2D eigenvalue weighted by Gasteiger charge is 2.12. The number of anilines is 1. The van der Waals surface area contributed by atoms with Crippen LogP contribution in [0.25, 0.3) is 0 Å². The van der Waals surface area contributed by atoms with E-state index in [-0.39, 0.29) is 18.0 Å². The van der Waals surface area contributed by atoms with Crippen molar-refractivity contribution in [3.05, 3.63) is 36.9 Å². The van der Waals surface area contributed by atoms with Gasteiger partial charge >= 0.3 is 6.09 Å². The summed E-state index contributed by atoms with van der Waals surface area (Å²) >= 11 is 0. The van der Waals surface area contributed by atoms with Gasteiger partial charge < -0.3 is 4.74 Å². The summed E-state index contributed by atoms with van der Waals surface area (Å²) in [5, 5.41) is 2.47. The van der Waals surface area contributed by atoms with Crippen molar-refractivity contribution in [2.24, 2.45) is 0 Å². The molecular weight excluding hydrogens is 268 g/mol. The van der Waals surface area contributed by atoms with Crippen molar-refractivity contribution in [2.75, 3.05) is 18.5 Å². The van der Waals surface area contributed by atoms with E-state index >= 15 is 0 Å². The van der Waals surface area contributed by atoms with E-state index in [1.165, 1.54) is 30.3 Å². The second-order valence-corrected chi connectivity index (χ2v) is 5.28. The first-order chi connectivity index (χ1) is 8.99.